The molecule has 0 radical (unpaired) electrons. The number of likely N-dealkylation sites (tertiary alicyclic amines) is 1. The molecule has 8 atom stereocenters. The second-order valence-corrected chi connectivity index (χ2v) is 14.5. The Kier molecular flexibility index (Phi) is 9.56. The number of allylic oxidation sites excluding steroid dienone is 1. The standard InChI is InChI=1S/C41H45N3O7/c1-25(2)22-31(24-45)44-37-39(48)43(30-19-18-27-12-7-8-15-29(27)23-30)21-11-20-41(37)35(38(44)47)34-32(51-41)16-9-10-17-33(46)42-26(3)36(50-40(34)49)28-13-5-4-6-14-28/h4-9,11-16,18-20,23,25-26,31-32,34-37,45H,10,17,21-22,24H2,1-3H3,(H,42,46)/b16-9-/t26-,31-,32-,34+,35+,36+,37-,41+/m1/s1. The van der Waals surface area contributed by atoms with Gasteiger partial charge in [0.1, 0.15) is 23.7 Å². The van der Waals surface area contributed by atoms with Gasteiger partial charge in [-0.05, 0) is 54.2 Å². The summed E-state index contributed by atoms with van der Waals surface area (Å²) in [5.41, 5.74) is -0.159. The van der Waals surface area contributed by atoms with E-state index in [0.29, 0.717) is 24.1 Å². The SMILES string of the molecule is CC(C)C[C@H](CO)N1C(=O)[C@@H]2[C@H]3C(=O)O[C@H](c4ccccc4)[C@@H](C)NC(=O)CC/C=C\[C@H]3O[C@@]23C=CCN(c2ccc4ccccc4c2)C(=O)[C@@H]13. The summed E-state index contributed by atoms with van der Waals surface area (Å²) in [6.07, 6.45) is 6.45. The highest BCUT2D eigenvalue weighted by Crippen LogP contribution is 2.54. The molecule has 0 aromatic heterocycles. The van der Waals surface area contributed by atoms with Crippen molar-refractivity contribution < 1.29 is 33.8 Å². The molecule has 2 saturated heterocycles. The molecule has 10 heteroatoms. The Bertz CT molecular complexity index is 1870. The lowest BCUT2D eigenvalue weighted by Gasteiger charge is -2.39. The number of anilines is 1. The van der Waals surface area contributed by atoms with Crippen molar-refractivity contribution in [2.75, 3.05) is 18.1 Å². The smallest absolute Gasteiger partial charge is 0.313 e. The Balaban J connectivity index is 1.34. The lowest BCUT2D eigenvalue weighted by molar-refractivity contribution is -0.162. The van der Waals surface area contributed by atoms with Crippen molar-refractivity contribution in [3.8, 4) is 0 Å². The zero-order valence-corrected chi connectivity index (χ0v) is 29.2. The predicted molar refractivity (Wildman–Crippen MR) is 192 cm³/mol. The van der Waals surface area contributed by atoms with Gasteiger partial charge >= 0.3 is 5.97 Å². The fraction of sp³-hybridized carbons (Fsp3) is 0.415. The third kappa shape index (κ3) is 6.25. The van der Waals surface area contributed by atoms with Gasteiger partial charge in [0.25, 0.3) is 5.91 Å². The summed E-state index contributed by atoms with van der Waals surface area (Å²) in [5, 5.41) is 15.7. The molecular weight excluding hydrogens is 646 g/mol. The van der Waals surface area contributed by atoms with E-state index in [-0.39, 0.29) is 37.3 Å². The van der Waals surface area contributed by atoms with Gasteiger partial charge in [0.2, 0.25) is 11.8 Å². The van der Waals surface area contributed by atoms with Crippen LogP contribution >= 0.6 is 0 Å². The van der Waals surface area contributed by atoms with Gasteiger partial charge in [-0.15, -0.1) is 0 Å². The minimum absolute atomic E-state index is 0.102. The molecule has 4 heterocycles. The van der Waals surface area contributed by atoms with Crippen LogP contribution < -0.4 is 10.2 Å². The Hall–Kier alpha value is -4.80. The highest BCUT2D eigenvalue weighted by Gasteiger charge is 2.72. The predicted octanol–water partition coefficient (Wildman–Crippen LogP) is 4.87. The summed E-state index contributed by atoms with van der Waals surface area (Å²) in [6.45, 7) is 5.65. The van der Waals surface area contributed by atoms with Crippen LogP contribution in [0.5, 0.6) is 0 Å². The first kappa shape index (κ1) is 34.6. The fourth-order valence-electron chi connectivity index (χ4n) is 8.43. The number of fused-ring (bicyclic) bond motifs is 3. The van der Waals surface area contributed by atoms with Gasteiger partial charge in [0, 0.05) is 18.7 Å². The topological polar surface area (TPSA) is 125 Å². The maximum atomic E-state index is 15.1. The normalized spacial score (nSPS) is 30.8. The molecule has 51 heavy (non-hydrogen) atoms. The van der Waals surface area contributed by atoms with Crippen molar-refractivity contribution in [2.45, 2.75) is 76.0 Å². The third-order valence-corrected chi connectivity index (χ3v) is 10.7. The largest absolute Gasteiger partial charge is 0.455 e. The maximum absolute atomic E-state index is 15.1. The number of carbonyl (C=O) groups is 4. The van der Waals surface area contributed by atoms with E-state index in [1.807, 2.05) is 92.7 Å². The van der Waals surface area contributed by atoms with Gasteiger partial charge in [0.15, 0.2) is 0 Å². The quantitative estimate of drug-likeness (QED) is 0.279. The second-order valence-electron chi connectivity index (χ2n) is 14.5. The zero-order valence-electron chi connectivity index (χ0n) is 29.2. The fourth-order valence-corrected chi connectivity index (χ4v) is 8.43. The van der Waals surface area contributed by atoms with Crippen LogP contribution in [0.15, 0.2) is 97.1 Å². The number of benzene rings is 3. The van der Waals surface area contributed by atoms with Gasteiger partial charge in [-0.3, -0.25) is 19.2 Å². The van der Waals surface area contributed by atoms with Gasteiger partial charge in [-0.25, -0.2) is 0 Å². The molecule has 2 N–H and O–H groups in total. The molecule has 3 aromatic carbocycles. The molecule has 10 nitrogen and oxygen atoms in total. The van der Waals surface area contributed by atoms with Crippen LogP contribution in [0, 0.1) is 17.8 Å². The van der Waals surface area contributed by atoms with Crippen LogP contribution in [0.1, 0.15) is 51.7 Å². The first-order chi connectivity index (χ1) is 24.6. The minimum Gasteiger partial charge on any atom is -0.455 e. The number of hydrogen-bond donors (Lipinski definition) is 2. The Morgan fingerprint density at radius 1 is 0.941 bits per heavy atom. The van der Waals surface area contributed by atoms with Crippen molar-refractivity contribution in [1.29, 1.82) is 0 Å². The minimum atomic E-state index is -1.52. The number of rotatable bonds is 6. The number of cyclic esters (lactones) is 1. The second kappa shape index (κ2) is 14.1. The number of amides is 3. The van der Waals surface area contributed by atoms with Crippen LogP contribution in [0.3, 0.4) is 0 Å². The number of esters is 1. The van der Waals surface area contributed by atoms with Crippen LogP contribution in [-0.4, -0.2) is 76.7 Å². The van der Waals surface area contributed by atoms with Gasteiger partial charge in [0.05, 0.1) is 30.7 Å². The summed E-state index contributed by atoms with van der Waals surface area (Å²) >= 11 is 0. The van der Waals surface area contributed by atoms with E-state index in [0.717, 1.165) is 10.8 Å². The van der Waals surface area contributed by atoms with Crippen molar-refractivity contribution >= 4 is 40.2 Å². The van der Waals surface area contributed by atoms with Crippen molar-refractivity contribution in [1.82, 2.24) is 10.2 Å². The molecule has 7 rings (SSSR count). The highest BCUT2D eigenvalue weighted by atomic mass is 16.6. The van der Waals surface area contributed by atoms with Crippen molar-refractivity contribution in [3.05, 3.63) is 103 Å². The molecule has 3 aromatic rings. The molecule has 266 valence electrons. The molecular formula is C41H45N3O7. The molecule has 0 bridgehead atoms. The zero-order chi connectivity index (χ0) is 35.9. The van der Waals surface area contributed by atoms with E-state index in [9.17, 15) is 19.5 Å². The summed E-state index contributed by atoms with van der Waals surface area (Å²) in [6, 6.07) is 20.5. The van der Waals surface area contributed by atoms with Crippen LogP contribution in [0.2, 0.25) is 0 Å². The number of carbonyl (C=O) groups excluding carboxylic acids is 4. The van der Waals surface area contributed by atoms with Gasteiger partial charge < -0.3 is 29.7 Å². The average Bonchev–Trinajstić information content (AvgIpc) is 3.51. The number of hydrogen-bond acceptors (Lipinski definition) is 7. The lowest BCUT2D eigenvalue weighted by Crippen LogP contribution is -2.58. The molecule has 0 saturated carbocycles. The Labute approximate surface area is 298 Å². The first-order valence-electron chi connectivity index (χ1n) is 17.9. The molecule has 4 aliphatic rings. The molecule has 1 spiro atoms. The Morgan fingerprint density at radius 2 is 1.69 bits per heavy atom. The molecule has 4 aliphatic heterocycles. The third-order valence-electron chi connectivity index (χ3n) is 10.7. The summed E-state index contributed by atoms with van der Waals surface area (Å²) in [4.78, 5) is 60.6. The number of nitrogens with zero attached hydrogens (tertiary/aromatic N) is 2. The van der Waals surface area contributed by atoms with Crippen molar-refractivity contribution in [3.63, 3.8) is 0 Å². The van der Waals surface area contributed by atoms with Gasteiger partial charge in [-0.1, -0.05) is 98.8 Å². The molecule has 2 fully saturated rings. The maximum Gasteiger partial charge on any atom is 0.313 e. The van der Waals surface area contributed by atoms with Crippen LogP contribution in [-0.2, 0) is 28.7 Å². The summed E-state index contributed by atoms with van der Waals surface area (Å²) in [5.74, 6) is -3.72. The number of aliphatic hydroxyl groups excluding tert-OH is 1. The van der Waals surface area contributed by atoms with E-state index >= 15 is 4.79 Å². The first-order valence-corrected chi connectivity index (χ1v) is 17.9. The average molecular weight is 692 g/mol. The van der Waals surface area contributed by atoms with E-state index in [1.54, 1.807) is 30.1 Å². The lowest BCUT2D eigenvalue weighted by atomic mass is 9.77. The summed E-state index contributed by atoms with van der Waals surface area (Å²) < 4.78 is 13.2. The number of nitrogens with one attached hydrogen (secondary N) is 1. The van der Waals surface area contributed by atoms with E-state index in [1.165, 1.54) is 4.90 Å². The van der Waals surface area contributed by atoms with Gasteiger partial charge in [-0.2, -0.15) is 0 Å². The molecule has 0 aliphatic carbocycles. The monoisotopic (exact) mass is 691 g/mol. The highest BCUT2D eigenvalue weighted by molar-refractivity contribution is 6.06. The molecule has 3 amide bonds. The Morgan fingerprint density at radius 3 is 2.43 bits per heavy atom. The van der Waals surface area contributed by atoms with Crippen LogP contribution in [0.25, 0.3) is 10.8 Å². The summed E-state index contributed by atoms with van der Waals surface area (Å²) in [7, 11) is 0. The van der Waals surface area contributed by atoms with Crippen molar-refractivity contribution in [2.24, 2.45) is 17.8 Å². The van der Waals surface area contributed by atoms with E-state index < -0.39 is 59.6 Å². The number of ether oxygens (including phenoxy) is 2. The molecule has 0 unspecified atom stereocenters. The number of aliphatic hydroxyl groups is 1. The van der Waals surface area contributed by atoms with Crippen LogP contribution in [0.4, 0.5) is 5.69 Å². The van der Waals surface area contributed by atoms with E-state index in [2.05, 4.69) is 5.32 Å². The van der Waals surface area contributed by atoms with E-state index in [4.69, 9.17) is 9.47 Å².